The number of carbonyl (C=O) groups excluding carboxylic acids is 1. The van der Waals surface area contributed by atoms with Gasteiger partial charge in [0, 0.05) is 12.5 Å². The summed E-state index contributed by atoms with van der Waals surface area (Å²) in [6, 6.07) is 5.51. The van der Waals surface area contributed by atoms with Gasteiger partial charge in [-0.1, -0.05) is 19.3 Å². The Morgan fingerprint density at radius 1 is 1.17 bits per heavy atom. The molecule has 1 saturated carbocycles. The summed E-state index contributed by atoms with van der Waals surface area (Å²) in [7, 11) is 0. The monoisotopic (exact) mass is 334 g/mol. The van der Waals surface area contributed by atoms with Crippen LogP contribution >= 0.6 is 0 Å². The molecule has 24 heavy (non-hydrogen) atoms. The van der Waals surface area contributed by atoms with E-state index in [4.69, 9.17) is 15.2 Å². The summed E-state index contributed by atoms with van der Waals surface area (Å²) in [4.78, 5) is 12.6. The summed E-state index contributed by atoms with van der Waals surface area (Å²) in [5, 5.41) is 3.00. The van der Waals surface area contributed by atoms with Crippen molar-refractivity contribution in [3.8, 4) is 11.5 Å². The Kier molecular flexibility index (Phi) is 6.91. The minimum atomic E-state index is -0.0500. The second kappa shape index (κ2) is 8.92. The molecule has 3 N–H and O–H groups in total. The molecule has 0 atom stereocenters. The van der Waals surface area contributed by atoms with Crippen molar-refractivity contribution >= 4 is 11.6 Å². The van der Waals surface area contributed by atoms with Gasteiger partial charge in [-0.2, -0.15) is 0 Å². The van der Waals surface area contributed by atoms with Crippen LogP contribution in [0.5, 0.6) is 11.5 Å². The fourth-order valence-electron chi connectivity index (χ4n) is 3.43. The van der Waals surface area contributed by atoms with Crippen molar-refractivity contribution < 1.29 is 14.3 Å². The highest BCUT2D eigenvalue weighted by Gasteiger charge is 2.33. The van der Waals surface area contributed by atoms with E-state index >= 15 is 0 Å². The van der Waals surface area contributed by atoms with Crippen molar-refractivity contribution in [2.45, 2.75) is 52.4 Å². The highest BCUT2D eigenvalue weighted by molar-refractivity contribution is 5.93. The molecule has 1 aliphatic rings. The first-order chi connectivity index (χ1) is 11.6. The Morgan fingerprint density at radius 2 is 1.88 bits per heavy atom. The van der Waals surface area contributed by atoms with E-state index in [-0.39, 0.29) is 11.3 Å². The summed E-state index contributed by atoms with van der Waals surface area (Å²) in [5.74, 6) is 1.39. The van der Waals surface area contributed by atoms with Crippen LogP contribution in [0.3, 0.4) is 0 Å². The molecule has 0 heterocycles. The van der Waals surface area contributed by atoms with Gasteiger partial charge in [0.25, 0.3) is 0 Å². The van der Waals surface area contributed by atoms with Crippen molar-refractivity contribution in [3.05, 3.63) is 18.2 Å². The molecule has 0 aromatic heterocycles. The Hall–Kier alpha value is -1.75. The van der Waals surface area contributed by atoms with Gasteiger partial charge in [-0.25, -0.2) is 0 Å². The molecule has 1 fully saturated rings. The summed E-state index contributed by atoms with van der Waals surface area (Å²) in [6.07, 6.45) is 6.10. The third-order valence-corrected chi connectivity index (χ3v) is 4.72. The number of ether oxygens (including phenoxy) is 2. The lowest BCUT2D eigenvalue weighted by molar-refractivity contribution is -0.118. The number of amides is 1. The number of hydrogen-bond donors (Lipinski definition) is 2. The van der Waals surface area contributed by atoms with Gasteiger partial charge in [0.2, 0.25) is 5.91 Å². The van der Waals surface area contributed by atoms with Crippen molar-refractivity contribution in [1.82, 2.24) is 0 Å². The average molecular weight is 334 g/mol. The maximum absolute atomic E-state index is 12.6. The Bertz CT molecular complexity index is 539. The summed E-state index contributed by atoms with van der Waals surface area (Å²) >= 11 is 0. The van der Waals surface area contributed by atoms with Crippen molar-refractivity contribution in [2.24, 2.45) is 11.1 Å². The standard InChI is InChI=1S/C19H30N2O3/c1-3-23-15-8-9-17(24-4-2)16(12-15)21-18(22)13-19(14-20)10-6-5-7-11-19/h8-9,12H,3-7,10-11,13-14,20H2,1-2H3,(H,21,22). The number of nitrogens with one attached hydrogen (secondary N) is 1. The summed E-state index contributed by atoms with van der Waals surface area (Å²) in [5.41, 5.74) is 6.61. The van der Waals surface area contributed by atoms with Crippen LogP contribution in [-0.4, -0.2) is 25.7 Å². The third-order valence-electron chi connectivity index (χ3n) is 4.72. The zero-order chi connectivity index (χ0) is 17.4. The number of hydrogen-bond acceptors (Lipinski definition) is 4. The average Bonchev–Trinajstić information content (AvgIpc) is 2.58. The minimum Gasteiger partial charge on any atom is -0.494 e. The van der Waals surface area contributed by atoms with E-state index < -0.39 is 0 Å². The van der Waals surface area contributed by atoms with Crippen LogP contribution in [0.2, 0.25) is 0 Å². The van der Waals surface area contributed by atoms with Crippen LogP contribution in [0.15, 0.2) is 18.2 Å². The predicted octanol–water partition coefficient (Wildman–Crippen LogP) is 3.72. The summed E-state index contributed by atoms with van der Waals surface area (Å²) in [6.45, 7) is 5.55. The molecule has 0 unspecified atom stereocenters. The predicted molar refractivity (Wildman–Crippen MR) is 96.6 cm³/mol. The number of anilines is 1. The quantitative estimate of drug-likeness (QED) is 0.760. The van der Waals surface area contributed by atoms with Gasteiger partial charge in [-0.3, -0.25) is 4.79 Å². The molecule has 2 rings (SSSR count). The van der Waals surface area contributed by atoms with E-state index in [2.05, 4.69) is 5.32 Å². The Balaban J connectivity index is 2.09. The van der Waals surface area contributed by atoms with Crippen LogP contribution < -0.4 is 20.5 Å². The molecule has 1 aromatic rings. The van der Waals surface area contributed by atoms with Gasteiger partial charge in [-0.05, 0) is 50.8 Å². The number of benzene rings is 1. The molecule has 0 radical (unpaired) electrons. The topological polar surface area (TPSA) is 73.6 Å². The lowest BCUT2D eigenvalue weighted by Gasteiger charge is -2.35. The van der Waals surface area contributed by atoms with Crippen molar-refractivity contribution in [1.29, 1.82) is 0 Å². The first kappa shape index (κ1) is 18.6. The van der Waals surface area contributed by atoms with E-state index in [1.165, 1.54) is 6.42 Å². The molecule has 0 spiro atoms. The molecule has 1 amide bonds. The van der Waals surface area contributed by atoms with Gasteiger partial charge in [-0.15, -0.1) is 0 Å². The van der Waals surface area contributed by atoms with Crippen LogP contribution in [0.1, 0.15) is 52.4 Å². The molecule has 0 bridgehead atoms. The van der Waals surface area contributed by atoms with E-state index in [1.54, 1.807) is 0 Å². The highest BCUT2D eigenvalue weighted by atomic mass is 16.5. The van der Waals surface area contributed by atoms with Crippen LogP contribution in [0, 0.1) is 5.41 Å². The number of carbonyl (C=O) groups is 1. The van der Waals surface area contributed by atoms with Crippen LogP contribution in [-0.2, 0) is 4.79 Å². The van der Waals surface area contributed by atoms with Gasteiger partial charge >= 0.3 is 0 Å². The third kappa shape index (κ3) is 4.87. The zero-order valence-corrected chi connectivity index (χ0v) is 14.9. The van der Waals surface area contributed by atoms with E-state index in [9.17, 15) is 4.79 Å². The second-order valence-corrected chi connectivity index (χ2v) is 6.51. The normalized spacial score (nSPS) is 16.5. The summed E-state index contributed by atoms with van der Waals surface area (Å²) < 4.78 is 11.1. The van der Waals surface area contributed by atoms with Gasteiger partial charge < -0.3 is 20.5 Å². The first-order valence-corrected chi connectivity index (χ1v) is 9.02. The molecule has 134 valence electrons. The number of rotatable bonds is 8. The maximum Gasteiger partial charge on any atom is 0.225 e. The van der Waals surface area contributed by atoms with Gasteiger partial charge in [0.15, 0.2) is 0 Å². The lowest BCUT2D eigenvalue weighted by atomic mass is 9.71. The molecule has 5 heteroatoms. The fourth-order valence-corrected chi connectivity index (χ4v) is 3.43. The Labute approximate surface area is 144 Å². The second-order valence-electron chi connectivity index (χ2n) is 6.51. The highest BCUT2D eigenvalue weighted by Crippen LogP contribution is 2.39. The first-order valence-electron chi connectivity index (χ1n) is 9.02. The molecule has 0 aliphatic heterocycles. The fraction of sp³-hybridized carbons (Fsp3) is 0.632. The smallest absolute Gasteiger partial charge is 0.225 e. The van der Waals surface area contributed by atoms with Gasteiger partial charge in [0.1, 0.15) is 11.5 Å². The molecular weight excluding hydrogens is 304 g/mol. The van der Waals surface area contributed by atoms with Crippen LogP contribution in [0.4, 0.5) is 5.69 Å². The Morgan fingerprint density at radius 3 is 2.50 bits per heavy atom. The van der Waals surface area contributed by atoms with E-state index in [1.807, 2.05) is 32.0 Å². The molecule has 1 aliphatic carbocycles. The van der Waals surface area contributed by atoms with E-state index in [0.29, 0.717) is 37.6 Å². The van der Waals surface area contributed by atoms with E-state index in [0.717, 1.165) is 31.4 Å². The zero-order valence-electron chi connectivity index (χ0n) is 14.9. The van der Waals surface area contributed by atoms with Gasteiger partial charge in [0.05, 0.1) is 18.9 Å². The SMILES string of the molecule is CCOc1ccc(OCC)c(NC(=O)CC2(CN)CCCCC2)c1. The molecule has 5 nitrogen and oxygen atoms in total. The molecule has 0 saturated heterocycles. The lowest BCUT2D eigenvalue weighted by Crippen LogP contribution is -2.36. The molecule has 1 aromatic carbocycles. The largest absolute Gasteiger partial charge is 0.494 e. The maximum atomic E-state index is 12.6. The van der Waals surface area contributed by atoms with Crippen molar-refractivity contribution in [2.75, 3.05) is 25.1 Å². The minimum absolute atomic E-state index is 0.00282. The number of nitrogens with two attached hydrogens (primary N) is 1. The molecular formula is C19H30N2O3. The van der Waals surface area contributed by atoms with Crippen molar-refractivity contribution in [3.63, 3.8) is 0 Å². The van der Waals surface area contributed by atoms with Crippen LogP contribution in [0.25, 0.3) is 0 Å².